The van der Waals surface area contributed by atoms with Gasteiger partial charge in [0.15, 0.2) is 5.76 Å². The highest BCUT2D eigenvalue weighted by Crippen LogP contribution is 2.20. The van der Waals surface area contributed by atoms with Gasteiger partial charge >= 0.3 is 5.91 Å². The standard InChI is InChI=1S/C16H13N3O5/c1-22-10-4-5-12-9(7-10)8-11(14(17)20)16(24-12)19-18-15(21)13-3-2-6-23-13/h2-8H,1H3,(H2,17,20)(H,18,21)/b19-16+. The van der Waals surface area contributed by atoms with Gasteiger partial charge in [-0.05, 0) is 36.4 Å². The van der Waals surface area contributed by atoms with E-state index in [4.69, 9.17) is 19.3 Å². The van der Waals surface area contributed by atoms with Crippen LogP contribution in [0.2, 0.25) is 0 Å². The summed E-state index contributed by atoms with van der Waals surface area (Å²) in [4.78, 5) is 23.5. The second-order valence-electron chi connectivity index (χ2n) is 4.76. The molecule has 3 N–H and O–H groups in total. The lowest BCUT2D eigenvalue weighted by Crippen LogP contribution is -2.26. The Bertz CT molecular complexity index is 973. The number of carbonyl (C=O) groups is 2. The number of fused-ring (bicyclic) bond motifs is 1. The first-order chi connectivity index (χ1) is 11.6. The molecule has 0 bridgehead atoms. The Balaban J connectivity index is 2.05. The smallest absolute Gasteiger partial charge is 0.307 e. The molecule has 0 aliphatic rings. The average Bonchev–Trinajstić information content (AvgIpc) is 3.12. The van der Waals surface area contributed by atoms with Gasteiger partial charge in [0.25, 0.3) is 5.91 Å². The second-order valence-corrected chi connectivity index (χ2v) is 4.76. The third kappa shape index (κ3) is 2.98. The summed E-state index contributed by atoms with van der Waals surface area (Å²) < 4.78 is 15.6. The molecule has 0 fully saturated rings. The van der Waals surface area contributed by atoms with Crippen LogP contribution in [0.25, 0.3) is 11.0 Å². The summed E-state index contributed by atoms with van der Waals surface area (Å²) in [5, 5.41) is 4.43. The van der Waals surface area contributed by atoms with Crippen molar-refractivity contribution in [2.45, 2.75) is 0 Å². The Morgan fingerprint density at radius 3 is 2.75 bits per heavy atom. The summed E-state index contributed by atoms with van der Waals surface area (Å²) >= 11 is 0. The van der Waals surface area contributed by atoms with E-state index >= 15 is 0 Å². The summed E-state index contributed by atoms with van der Waals surface area (Å²) in [6, 6.07) is 9.60. The van der Waals surface area contributed by atoms with Crippen LogP contribution in [0, 0.1) is 0 Å². The van der Waals surface area contributed by atoms with Crippen LogP contribution in [-0.4, -0.2) is 18.9 Å². The normalized spacial score (nSPS) is 11.5. The SMILES string of the molecule is COc1ccc2o/c(=N/NC(=O)c3ccco3)c(C(N)=O)cc2c1. The highest BCUT2D eigenvalue weighted by Gasteiger charge is 2.12. The molecular formula is C16H13N3O5. The maximum absolute atomic E-state index is 11.8. The molecule has 0 unspecified atom stereocenters. The van der Waals surface area contributed by atoms with Crippen molar-refractivity contribution in [1.82, 2.24) is 5.43 Å². The van der Waals surface area contributed by atoms with Gasteiger partial charge in [0.2, 0.25) is 5.55 Å². The fraction of sp³-hybridized carbons (Fsp3) is 0.0625. The molecule has 2 aromatic heterocycles. The molecule has 2 amide bonds. The Morgan fingerprint density at radius 1 is 1.25 bits per heavy atom. The first-order valence-corrected chi connectivity index (χ1v) is 6.88. The van der Waals surface area contributed by atoms with Crippen LogP contribution in [0.4, 0.5) is 0 Å². The van der Waals surface area contributed by atoms with Gasteiger partial charge in [-0.2, -0.15) is 0 Å². The predicted molar refractivity (Wildman–Crippen MR) is 83.0 cm³/mol. The minimum absolute atomic E-state index is 0.0236. The molecule has 8 nitrogen and oxygen atoms in total. The van der Waals surface area contributed by atoms with Gasteiger partial charge in [0.05, 0.1) is 13.4 Å². The maximum atomic E-state index is 11.8. The van der Waals surface area contributed by atoms with Crippen LogP contribution < -0.4 is 21.5 Å². The van der Waals surface area contributed by atoms with E-state index in [1.165, 1.54) is 25.5 Å². The molecular weight excluding hydrogens is 314 g/mol. The zero-order chi connectivity index (χ0) is 17.1. The quantitative estimate of drug-likeness (QED) is 0.701. The molecule has 0 spiro atoms. The number of nitrogens with two attached hydrogens (primary N) is 1. The number of hydrogen-bond donors (Lipinski definition) is 2. The molecule has 0 saturated heterocycles. The Labute approximate surface area is 135 Å². The van der Waals surface area contributed by atoms with Gasteiger partial charge in [-0.25, -0.2) is 5.43 Å². The number of primary amides is 1. The number of hydrogen-bond acceptors (Lipinski definition) is 6. The van der Waals surface area contributed by atoms with Crippen LogP contribution in [0.5, 0.6) is 5.75 Å². The molecule has 0 aliphatic heterocycles. The molecule has 3 aromatic rings. The number of methoxy groups -OCH3 is 1. The van der Waals surface area contributed by atoms with Crippen molar-refractivity contribution in [1.29, 1.82) is 0 Å². The molecule has 0 aliphatic carbocycles. The van der Waals surface area contributed by atoms with Gasteiger partial charge in [-0.1, -0.05) is 0 Å². The van der Waals surface area contributed by atoms with Gasteiger partial charge < -0.3 is 19.3 Å². The number of furan rings is 1. The van der Waals surface area contributed by atoms with Crippen molar-refractivity contribution in [2.24, 2.45) is 10.8 Å². The summed E-state index contributed by atoms with van der Waals surface area (Å²) in [6.07, 6.45) is 1.36. The largest absolute Gasteiger partial charge is 0.497 e. The Morgan fingerprint density at radius 2 is 2.08 bits per heavy atom. The van der Waals surface area contributed by atoms with Crippen LogP contribution in [0.15, 0.2) is 56.6 Å². The summed E-state index contributed by atoms with van der Waals surface area (Å²) in [7, 11) is 1.53. The topological polar surface area (TPSA) is 120 Å². The minimum atomic E-state index is -0.741. The molecule has 122 valence electrons. The van der Waals surface area contributed by atoms with Gasteiger partial charge in [0.1, 0.15) is 16.9 Å². The number of carbonyl (C=O) groups excluding carboxylic acids is 2. The molecule has 1 aromatic carbocycles. The van der Waals surface area contributed by atoms with Gasteiger partial charge in [-0.3, -0.25) is 9.59 Å². The Hall–Kier alpha value is -3.55. The lowest BCUT2D eigenvalue weighted by Gasteiger charge is -2.04. The van der Waals surface area contributed by atoms with E-state index in [-0.39, 0.29) is 16.9 Å². The molecule has 0 saturated carbocycles. The summed E-state index contributed by atoms with van der Waals surface area (Å²) in [5.41, 5.74) is 7.97. The lowest BCUT2D eigenvalue weighted by atomic mass is 10.1. The zero-order valence-corrected chi connectivity index (χ0v) is 12.6. The van der Waals surface area contributed by atoms with Crippen LogP contribution in [0.3, 0.4) is 0 Å². The van der Waals surface area contributed by atoms with Crippen molar-refractivity contribution in [3.05, 3.63) is 59.5 Å². The fourth-order valence-corrected chi connectivity index (χ4v) is 2.06. The molecule has 2 heterocycles. The first-order valence-electron chi connectivity index (χ1n) is 6.88. The fourth-order valence-electron chi connectivity index (χ4n) is 2.06. The maximum Gasteiger partial charge on any atom is 0.307 e. The number of nitrogens with one attached hydrogen (secondary N) is 1. The van der Waals surface area contributed by atoms with Crippen molar-refractivity contribution in [3.8, 4) is 5.75 Å². The highest BCUT2D eigenvalue weighted by atomic mass is 16.5. The molecule has 24 heavy (non-hydrogen) atoms. The monoisotopic (exact) mass is 327 g/mol. The molecule has 3 rings (SSSR count). The number of rotatable bonds is 4. The van der Waals surface area contributed by atoms with E-state index in [0.29, 0.717) is 16.7 Å². The number of amides is 2. The van der Waals surface area contributed by atoms with E-state index in [0.717, 1.165) is 0 Å². The third-order valence-electron chi connectivity index (χ3n) is 3.22. The molecule has 0 radical (unpaired) electrons. The van der Waals surface area contributed by atoms with Crippen LogP contribution in [0.1, 0.15) is 20.9 Å². The second kappa shape index (κ2) is 6.29. The number of nitrogens with zero attached hydrogens (tertiary/aromatic N) is 1. The lowest BCUT2D eigenvalue weighted by molar-refractivity contribution is 0.0920. The molecule has 8 heteroatoms. The van der Waals surface area contributed by atoms with Crippen molar-refractivity contribution in [3.63, 3.8) is 0 Å². The van der Waals surface area contributed by atoms with Gasteiger partial charge in [-0.15, -0.1) is 5.10 Å². The van der Waals surface area contributed by atoms with E-state index in [9.17, 15) is 9.59 Å². The first kappa shape index (κ1) is 15.3. The minimum Gasteiger partial charge on any atom is -0.497 e. The van der Waals surface area contributed by atoms with E-state index in [2.05, 4.69) is 10.5 Å². The van der Waals surface area contributed by atoms with E-state index < -0.39 is 11.8 Å². The highest BCUT2D eigenvalue weighted by molar-refractivity contribution is 5.95. The zero-order valence-electron chi connectivity index (χ0n) is 12.6. The summed E-state index contributed by atoms with van der Waals surface area (Å²) in [5.74, 6) is -0.649. The number of ether oxygens (including phenoxy) is 1. The van der Waals surface area contributed by atoms with Gasteiger partial charge in [0, 0.05) is 5.39 Å². The Kier molecular flexibility index (Phi) is 4.02. The summed E-state index contributed by atoms with van der Waals surface area (Å²) in [6.45, 7) is 0. The van der Waals surface area contributed by atoms with E-state index in [1.54, 1.807) is 24.3 Å². The third-order valence-corrected chi connectivity index (χ3v) is 3.22. The van der Waals surface area contributed by atoms with Crippen molar-refractivity contribution < 1.29 is 23.2 Å². The van der Waals surface area contributed by atoms with Crippen molar-refractivity contribution >= 4 is 22.8 Å². The van der Waals surface area contributed by atoms with Crippen LogP contribution in [-0.2, 0) is 0 Å². The van der Waals surface area contributed by atoms with Crippen molar-refractivity contribution in [2.75, 3.05) is 7.11 Å². The van der Waals surface area contributed by atoms with Crippen LogP contribution >= 0.6 is 0 Å². The van der Waals surface area contributed by atoms with E-state index in [1.807, 2.05) is 0 Å². The number of benzene rings is 1. The molecule has 0 atom stereocenters. The average molecular weight is 327 g/mol. The predicted octanol–water partition coefficient (Wildman–Crippen LogP) is 1.38.